The lowest BCUT2D eigenvalue weighted by atomic mass is 10.2. The van der Waals surface area contributed by atoms with Crippen molar-refractivity contribution in [3.8, 4) is 5.75 Å². The second kappa shape index (κ2) is 6.74. The summed E-state index contributed by atoms with van der Waals surface area (Å²) in [6.45, 7) is 3.72. The summed E-state index contributed by atoms with van der Waals surface area (Å²) < 4.78 is 9.21. The number of hydrogen-bond donors (Lipinski definition) is 1. The van der Waals surface area contributed by atoms with E-state index in [0.717, 1.165) is 32.0 Å². The van der Waals surface area contributed by atoms with Crippen molar-refractivity contribution in [3.05, 3.63) is 71.0 Å². The molecule has 0 fully saturated rings. The van der Waals surface area contributed by atoms with E-state index >= 15 is 0 Å². The van der Waals surface area contributed by atoms with Gasteiger partial charge in [-0.15, -0.1) is 0 Å². The van der Waals surface area contributed by atoms with Crippen LogP contribution in [0.1, 0.15) is 18.8 Å². The number of nitrogens with zero attached hydrogens (tertiary/aromatic N) is 2. The number of aliphatic hydroxyl groups is 1. The van der Waals surface area contributed by atoms with Gasteiger partial charge in [0.15, 0.2) is 0 Å². The fraction of sp³-hybridized carbons (Fsp3) is 0.190. The maximum Gasteiger partial charge on any atom is 0.202 e. The molecule has 4 nitrogen and oxygen atoms in total. The minimum absolute atomic E-state index is 0.567. The van der Waals surface area contributed by atoms with Gasteiger partial charge in [0.2, 0.25) is 6.23 Å². The number of para-hydroxylation sites is 1. The fourth-order valence-corrected chi connectivity index (χ4v) is 3.66. The average Bonchev–Trinajstić information content (AvgIpc) is 2.93. The Kier molecular flexibility index (Phi) is 4.42. The molecule has 2 unspecified atom stereocenters. The lowest BCUT2D eigenvalue weighted by Gasteiger charge is -2.25. The van der Waals surface area contributed by atoms with Crippen molar-refractivity contribution in [3.63, 3.8) is 0 Å². The van der Waals surface area contributed by atoms with Gasteiger partial charge in [0, 0.05) is 20.9 Å². The van der Waals surface area contributed by atoms with E-state index in [4.69, 9.17) is 4.74 Å². The first kappa shape index (κ1) is 17.1. The van der Waals surface area contributed by atoms with Crippen LogP contribution in [0.15, 0.2) is 65.3 Å². The normalized spacial score (nSPS) is 13.8. The zero-order valence-corrected chi connectivity index (χ0v) is 16.1. The van der Waals surface area contributed by atoms with E-state index in [9.17, 15) is 5.11 Å². The molecule has 0 aliphatic rings. The largest absolute Gasteiger partial charge is 0.467 e. The highest BCUT2D eigenvalue weighted by Gasteiger charge is 2.24. The molecule has 0 spiro atoms. The van der Waals surface area contributed by atoms with Crippen molar-refractivity contribution in [1.82, 2.24) is 9.55 Å². The van der Waals surface area contributed by atoms with Crippen molar-refractivity contribution in [2.24, 2.45) is 0 Å². The van der Waals surface area contributed by atoms with Crippen LogP contribution in [0.25, 0.3) is 21.8 Å². The molecule has 0 amide bonds. The van der Waals surface area contributed by atoms with Gasteiger partial charge in [-0.2, -0.15) is 0 Å². The molecule has 132 valence electrons. The smallest absolute Gasteiger partial charge is 0.202 e. The third-order valence-corrected chi connectivity index (χ3v) is 4.95. The van der Waals surface area contributed by atoms with Crippen LogP contribution < -0.4 is 4.74 Å². The van der Waals surface area contributed by atoms with Gasteiger partial charge < -0.3 is 14.4 Å². The average molecular weight is 411 g/mol. The maximum atomic E-state index is 10.5. The van der Waals surface area contributed by atoms with Crippen LogP contribution in [-0.4, -0.2) is 20.8 Å². The molecule has 0 radical (unpaired) electrons. The van der Waals surface area contributed by atoms with Crippen molar-refractivity contribution in [1.29, 1.82) is 0 Å². The molecule has 2 heterocycles. The van der Waals surface area contributed by atoms with Gasteiger partial charge in [0.05, 0.1) is 17.2 Å². The summed E-state index contributed by atoms with van der Waals surface area (Å²) in [4.78, 5) is 4.46. The Morgan fingerprint density at radius 1 is 1.04 bits per heavy atom. The number of halogens is 1. The predicted molar refractivity (Wildman–Crippen MR) is 107 cm³/mol. The van der Waals surface area contributed by atoms with Crippen LogP contribution in [0.3, 0.4) is 0 Å². The Labute approximate surface area is 160 Å². The number of aliphatic hydroxyl groups excluding tert-OH is 1. The van der Waals surface area contributed by atoms with Crippen LogP contribution >= 0.6 is 15.9 Å². The van der Waals surface area contributed by atoms with E-state index in [1.165, 1.54) is 0 Å². The Bertz CT molecular complexity index is 1010. The molecule has 0 aliphatic carbocycles. The van der Waals surface area contributed by atoms with Crippen molar-refractivity contribution < 1.29 is 9.84 Å². The molecule has 2 atom stereocenters. The molecule has 0 saturated heterocycles. The fourth-order valence-electron chi connectivity index (χ4n) is 3.30. The molecular weight excluding hydrogens is 392 g/mol. The van der Waals surface area contributed by atoms with Crippen LogP contribution in [0, 0.1) is 6.92 Å². The molecule has 2 aromatic carbocycles. The maximum absolute atomic E-state index is 10.5. The number of ether oxygens (including phenoxy) is 1. The standard InChI is InChI=1S/C21H19BrN2O2/c1-13-10-17-18-11-15(22)8-9-19(18)24(20(17)12-23-13)21(14(2)25)26-16-6-4-3-5-7-16/h3-12,14,21,25H,1-2H3. The third kappa shape index (κ3) is 2.97. The number of aromatic nitrogens is 2. The second-order valence-corrected chi connectivity index (χ2v) is 7.35. The Hall–Kier alpha value is -2.37. The second-order valence-electron chi connectivity index (χ2n) is 6.44. The Morgan fingerprint density at radius 3 is 2.50 bits per heavy atom. The molecule has 4 rings (SSSR count). The minimum Gasteiger partial charge on any atom is -0.467 e. The van der Waals surface area contributed by atoms with Crippen molar-refractivity contribution in [2.45, 2.75) is 26.2 Å². The van der Waals surface area contributed by atoms with Gasteiger partial charge in [-0.1, -0.05) is 34.1 Å². The summed E-state index contributed by atoms with van der Waals surface area (Å²) in [5.74, 6) is 0.714. The topological polar surface area (TPSA) is 47.3 Å². The summed E-state index contributed by atoms with van der Waals surface area (Å²) in [6.07, 6.45) is 0.574. The zero-order chi connectivity index (χ0) is 18.3. The van der Waals surface area contributed by atoms with Gasteiger partial charge in [0.25, 0.3) is 0 Å². The first-order chi connectivity index (χ1) is 12.5. The number of hydrogen-bond acceptors (Lipinski definition) is 3. The minimum atomic E-state index is -0.709. The van der Waals surface area contributed by atoms with E-state index in [0.29, 0.717) is 5.75 Å². The summed E-state index contributed by atoms with van der Waals surface area (Å²) in [6, 6.07) is 17.8. The number of aryl methyl sites for hydroxylation is 1. The number of pyridine rings is 1. The van der Waals surface area contributed by atoms with E-state index in [-0.39, 0.29) is 0 Å². The van der Waals surface area contributed by atoms with Gasteiger partial charge in [-0.25, -0.2) is 0 Å². The number of benzene rings is 2. The van der Waals surface area contributed by atoms with Gasteiger partial charge >= 0.3 is 0 Å². The lowest BCUT2D eigenvalue weighted by Crippen LogP contribution is -2.26. The molecule has 0 bridgehead atoms. The lowest BCUT2D eigenvalue weighted by molar-refractivity contribution is 0.00670. The van der Waals surface area contributed by atoms with Gasteiger partial charge in [-0.05, 0) is 50.2 Å². The SMILES string of the molecule is Cc1cc2c3cc(Br)ccc3n(C(Oc3ccccc3)C(C)O)c2cn1. The zero-order valence-electron chi connectivity index (χ0n) is 14.6. The molecule has 4 aromatic rings. The molecule has 2 aromatic heterocycles. The quantitative estimate of drug-likeness (QED) is 0.501. The van der Waals surface area contributed by atoms with Crippen LogP contribution in [0.4, 0.5) is 0 Å². The summed E-state index contributed by atoms with van der Waals surface area (Å²) >= 11 is 3.56. The van der Waals surface area contributed by atoms with E-state index < -0.39 is 12.3 Å². The molecule has 0 saturated carbocycles. The van der Waals surface area contributed by atoms with Crippen molar-refractivity contribution >= 4 is 37.7 Å². The van der Waals surface area contributed by atoms with Crippen LogP contribution in [0.5, 0.6) is 5.75 Å². The summed E-state index contributed by atoms with van der Waals surface area (Å²) in [5, 5.41) is 12.7. The summed E-state index contributed by atoms with van der Waals surface area (Å²) in [5.41, 5.74) is 2.89. The number of fused-ring (bicyclic) bond motifs is 3. The molecular formula is C21H19BrN2O2. The molecule has 5 heteroatoms. The van der Waals surface area contributed by atoms with Gasteiger partial charge in [0.1, 0.15) is 11.9 Å². The highest BCUT2D eigenvalue weighted by Crippen LogP contribution is 2.35. The Balaban J connectivity index is 1.97. The van der Waals surface area contributed by atoms with Crippen molar-refractivity contribution in [2.75, 3.05) is 0 Å². The van der Waals surface area contributed by atoms with Crippen LogP contribution in [-0.2, 0) is 0 Å². The van der Waals surface area contributed by atoms with Crippen LogP contribution in [0.2, 0.25) is 0 Å². The Morgan fingerprint density at radius 2 is 1.77 bits per heavy atom. The first-order valence-corrected chi connectivity index (χ1v) is 9.29. The molecule has 1 N–H and O–H groups in total. The molecule has 0 aliphatic heterocycles. The third-order valence-electron chi connectivity index (χ3n) is 4.45. The van der Waals surface area contributed by atoms with E-state index in [2.05, 4.69) is 33.0 Å². The predicted octanol–water partition coefficient (Wildman–Crippen LogP) is 5.22. The van der Waals surface area contributed by atoms with E-state index in [1.807, 2.05) is 60.2 Å². The summed E-state index contributed by atoms with van der Waals surface area (Å²) in [7, 11) is 0. The van der Waals surface area contributed by atoms with Gasteiger partial charge in [-0.3, -0.25) is 4.98 Å². The number of rotatable bonds is 4. The first-order valence-electron chi connectivity index (χ1n) is 8.50. The molecule has 26 heavy (non-hydrogen) atoms. The highest BCUT2D eigenvalue weighted by atomic mass is 79.9. The van der Waals surface area contributed by atoms with E-state index in [1.54, 1.807) is 6.92 Å². The monoisotopic (exact) mass is 410 g/mol. The highest BCUT2D eigenvalue weighted by molar-refractivity contribution is 9.10.